The largest absolute Gasteiger partial charge is 0.487 e. The molecule has 0 saturated carbocycles. The molecule has 0 unspecified atom stereocenters. The molecule has 0 saturated heterocycles. The fraction of sp³-hybridized carbons (Fsp3) is 0.0370. The lowest BCUT2D eigenvalue weighted by Gasteiger charge is -2.13. The molecule has 156 valence electrons. The topological polar surface area (TPSA) is 43.4 Å². The van der Waals surface area contributed by atoms with E-state index in [-0.39, 0.29) is 17.1 Å². The van der Waals surface area contributed by atoms with Crippen molar-refractivity contribution in [2.75, 3.05) is 0 Å². The Morgan fingerprint density at radius 3 is 2.03 bits per heavy atom. The van der Waals surface area contributed by atoms with Crippen LogP contribution in [0.2, 0.25) is 0 Å². The summed E-state index contributed by atoms with van der Waals surface area (Å²) < 4.78 is 8.07. The van der Waals surface area contributed by atoms with Gasteiger partial charge in [-0.25, -0.2) is 0 Å². The Bertz CT molecular complexity index is 1370. The van der Waals surface area contributed by atoms with Crippen molar-refractivity contribution in [1.29, 1.82) is 0 Å². The predicted molar refractivity (Wildman–Crippen MR) is 143 cm³/mol. The fourth-order valence-corrected chi connectivity index (χ4v) is 6.07. The number of benzene rings is 4. The van der Waals surface area contributed by atoms with Gasteiger partial charge in [0.15, 0.2) is 11.6 Å². The number of ketones is 2. The van der Waals surface area contributed by atoms with Gasteiger partial charge in [-0.05, 0) is 85.3 Å². The Morgan fingerprint density at radius 2 is 1.34 bits per heavy atom. The van der Waals surface area contributed by atoms with Gasteiger partial charge in [-0.3, -0.25) is 9.59 Å². The average Bonchev–Trinajstić information content (AvgIpc) is 3.04. The normalized spacial score (nSPS) is 12.9. The van der Waals surface area contributed by atoms with E-state index in [0.717, 1.165) is 24.0 Å². The van der Waals surface area contributed by atoms with Gasteiger partial charge < -0.3 is 4.74 Å². The lowest BCUT2D eigenvalue weighted by Crippen LogP contribution is -2.02. The third kappa shape index (κ3) is 3.88. The SMILES string of the molecule is O=C1C(=Cc2cc(I)c(OCc3cccc4ccccc34)c(I)c2)C(=O)c2ccccc21. The van der Waals surface area contributed by atoms with Gasteiger partial charge >= 0.3 is 0 Å². The van der Waals surface area contributed by atoms with Crippen LogP contribution in [0, 0.1) is 7.14 Å². The van der Waals surface area contributed by atoms with Crippen LogP contribution >= 0.6 is 45.2 Å². The van der Waals surface area contributed by atoms with Crippen molar-refractivity contribution < 1.29 is 14.3 Å². The molecule has 0 aliphatic heterocycles. The van der Waals surface area contributed by atoms with Crippen LogP contribution in [-0.4, -0.2) is 11.6 Å². The Kier molecular flexibility index (Phi) is 5.86. The number of rotatable bonds is 4. The number of halogens is 2. The van der Waals surface area contributed by atoms with E-state index in [0.29, 0.717) is 17.7 Å². The molecule has 5 rings (SSSR count). The first-order valence-electron chi connectivity index (χ1n) is 10.0. The van der Waals surface area contributed by atoms with Crippen molar-refractivity contribution in [3.8, 4) is 5.75 Å². The summed E-state index contributed by atoms with van der Waals surface area (Å²) in [5.41, 5.74) is 3.09. The van der Waals surface area contributed by atoms with Crippen LogP contribution < -0.4 is 4.74 Å². The average molecular weight is 642 g/mol. The molecule has 0 spiro atoms. The first-order valence-corrected chi connectivity index (χ1v) is 12.2. The van der Waals surface area contributed by atoms with E-state index < -0.39 is 0 Å². The molecule has 0 fully saturated rings. The van der Waals surface area contributed by atoms with Crippen LogP contribution in [0.15, 0.2) is 84.4 Å². The van der Waals surface area contributed by atoms with E-state index in [9.17, 15) is 9.59 Å². The number of allylic oxidation sites excluding steroid dienone is 1. The second-order valence-electron chi connectivity index (χ2n) is 7.50. The quantitative estimate of drug-likeness (QED) is 0.136. The molecular formula is C27H16I2O3. The highest BCUT2D eigenvalue weighted by Gasteiger charge is 2.32. The minimum absolute atomic E-state index is 0.210. The Balaban J connectivity index is 1.42. The summed E-state index contributed by atoms with van der Waals surface area (Å²) in [4.78, 5) is 25.4. The van der Waals surface area contributed by atoms with Crippen LogP contribution in [0.25, 0.3) is 16.8 Å². The van der Waals surface area contributed by atoms with E-state index in [1.807, 2.05) is 30.3 Å². The van der Waals surface area contributed by atoms with Gasteiger partial charge in [0, 0.05) is 11.1 Å². The maximum atomic E-state index is 12.7. The lowest BCUT2D eigenvalue weighted by atomic mass is 10.1. The van der Waals surface area contributed by atoms with Gasteiger partial charge in [0.05, 0.1) is 12.7 Å². The molecule has 0 atom stereocenters. The van der Waals surface area contributed by atoms with E-state index in [1.54, 1.807) is 30.3 Å². The summed E-state index contributed by atoms with van der Waals surface area (Å²) in [6, 6.07) is 25.3. The van der Waals surface area contributed by atoms with E-state index >= 15 is 0 Å². The Hall–Kier alpha value is -2.52. The van der Waals surface area contributed by atoms with Gasteiger partial charge in [0.25, 0.3) is 0 Å². The number of carbonyl (C=O) groups is 2. The number of fused-ring (bicyclic) bond motifs is 2. The number of carbonyl (C=O) groups excluding carboxylic acids is 2. The van der Waals surface area contributed by atoms with Crippen molar-refractivity contribution in [1.82, 2.24) is 0 Å². The minimum atomic E-state index is -0.216. The molecule has 4 aromatic rings. The molecule has 1 aliphatic carbocycles. The predicted octanol–water partition coefficient (Wildman–Crippen LogP) is 7.09. The molecule has 5 heteroatoms. The van der Waals surface area contributed by atoms with Crippen molar-refractivity contribution >= 4 is 73.6 Å². The number of ether oxygens (including phenoxy) is 1. The van der Waals surface area contributed by atoms with Gasteiger partial charge in [0.2, 0.25) is 0 Å². The summed E-state index contributed by atoms with van der Waals surface area (Å²) in [5.74, 6) is 0.368. The molecule has 0 N–H and O–H groups in total. The van der Waals surface area contributed by atoms with E-state index in [2.05, 4.69) is 69.4 Å². The zero-order chi connectivity index (χ0) is 22.2. The molecule has 32 heavy (non-hydrogen) atoms. The molecule has 0 heterocycles. The van der Waals surface area contributed by atoms with E-state index in [1.165, 1.54) is 10.8 Å². The van der Waals surface area contributed by atoms with Gasteiger partial charge in [0.1, 0.15) is 12.4 Å². The zero-order valence-corrected chi connectivity index (χ0v) is 21.1. The van der Waals surface area contributed by atoms with Crippen LogP contribution in [0.1, 0.15) is 31.8 Å². The summed E-state index contributed by atoms with van der Waals surface area (Å²) in [5, 5.41) is 2.37. The minimum Gasteiger partial charge on any atom is -0.487 e. The third-order valence-electron chi connectivity index (χ3n) is 5.49. The maximum Gasteiger partial charge on any atom is 0.197 e. The van der Waals surface area contributed by atoms with Crippen molar-refractivity contribution in [2.45, 2.75) is 6.61 Å². The monoisotopic (exact) mass is 642 g/mol. The fourth-order valence-electron chi connectivity index (χ4n) is 3.94. The van der Waals surface area contributed by atoms with Crippen LogP contribution in [0.3, 0.4) is 0 Å². The Morgan fingerprint density at radius 1 is 0.750 bits per heavy atom. The lowest BCUT2D eigenvalue weighted by molar-refractivity contribution is 0.0990. The molecule has 0 bridgehead atoms. The molecule has 0 radical (unpaired) electrons. The second kappa shape index (κ2) is 8.78. The summed E-state index contributed by atoms with van der Waals surface area (Å²) in [6.45, 7) is 0.458. The van der Waals surface area contributed by atoms with Crippen molar-refractivity contribution in [3.05, 3.63) is 114 Å². The van der Waals surface area contributed by atoms with Gasteiger partial charge in [-0.15, -0.1) is 0 Å². The van der Waals surface area contributed by atoms with Gasteiger partial charge in [-0.2, -0.15) is 0 Å². The number of hydrogen-bond acceptors (Lipinski definition) is 3. The number of hydrogen-bond donors (Lipinski definition) is 0. The van der Waals surface area contributed by atoms with Crippen LogP contribution in [0.5, 0.6) is 5.75 Å². The highest BCUT2D eigenvalue weighted by atomic mass is 127. The highest BCUT2D eigenvalue weighted by Crippen LogP contribution is 2.33. The van der Waals surface area contributed by atoms with Crippen molar-refractivity contribution in [3.63, 3.8) is 0 Å². The first kappa shape index (κ1) is 21.3. The van der Waals surface area contributed by atoms with Crippen LogP contribution in [0.4, 0.5) is 0 Å². The van der Waals surface area contributed by atoms with Gasteiger partial charge in [-0.1, -0.05) is 66.7 Å². The number of Topliss-reactive ketones (excluding diaryl/α,β-unsaturated/α-hetero) is 2. The molecule has 4 aromatic carbocycles. The molecule has 1 aliphatic rings. The maximum absolute atomic E-state index is 12.7. The smallest absolute Gasteiger partial charge is 0.197 e. The molecule has 3 nitrogen and oxygen atoms in total. The first-order chi connectivity index (χ1) is 15.5. The zero-order valence-electron chi connectivity index (χ0n) is 16.8. The summed E-state index contributed by atoms with van der Waals surface area (Å²) in [7, 11) is 0. The summed E-state index contributed by atoms with van der Waals surface area (Å²) in [6.07, 6.45) is 1.68. The van der Waals surface area contributed by atoms with E-state index in [4.69, 9.17) is 4.74 Å². The molecule has 0 amide bonds. The van der Waals surface area contributed by atoms with Crippen molar-refractivity contribution in [2.24, 2.45) is 0 Å². The Labute approximate surface area is 212 Å². The molecular weight excluding hydrogens is 626 g/mol. The summed E-state index contributed by atoms with van der Waals surface area (Å²) >= 11 is 4.48. The van der Waals surface area contributed by atoms with Crippen LogP contribution in [-0.2, 0) is 6.61 Å². The second-order valence-corrected chi connectivity index (χ2v) is 9.83. The standard InChI is InChI=1S/C27H16I2O3/c28-23-13-16(12-22-25(30)20-10-3-4-11-21(20)26(22)31)14-24(29)27(23)32-15-18-8-5-7-17-6-1-2-9-19(17)18/h1-14H,15H2. The highest BCUT2D eigenvalue weighted by molar-refractivity contribution is 14.1. The third-order valence-corrected chi connectivity index (χ3v) is 7.09. The molecule has 0 aromatic heterocycles.